The Morgan fingerprint density at radius 2 is 1.57 bits per heavy atom. The molecule has 0 fully saturated rings. The summed E-state index contributed by atoms with van der Waals surface area (Å²) < 4.78 is 85.1. The molecule has 0 aromatic heterocycles. The van der Waals surface area contributed by atoms with Crippen molar-refractivity contribution in [3.05, 3.63) is 76.4 Å². The first kappa shape index (κ1) is 28.4. The zero-order valence-electron chi connectivity index (χ0n) is 20.8. The largest absolute Gasteiger partial charge is 0.453 e. The van der Waals surface area contributed by atoms with Gasteiger partial charge in [0.2, 0.25) is 0 Å². The summed E-state index contributed by atoms with van der Waals surface area (Å²) in [5.41, 5.74) is 0.798. The summed E-state index contributed by atoms with van der Waals surface area (Å²) in [4.78, 5) is 15.9. The fourth-order valence-electron chi connectivity index (χ4n) is 4.63. The Morgan fingerprint density at radius 3 is 2.08 bits per heavy atom. The number of fused-ring (bicyclic) bond motifs is 1. The Labute approximate surface area is 212 Å². The number of nitrogens with zero attached hydrogens (tertiary/aromatic N) is 2. The maximum Gasteiger partial charge on any atom is 0.416 e. The van der Waals surface area contributed by atoms with Crippen LogP contribution in [0, 0.1) is 0 Å². The van der Waals surface area contributed by atoms with Gasteiger partial charge in [0.25, 0.3) is 0 Å². The summed E-state index contributed by atoms with van der Waals surface area (Å²) in [5.74, 6) is 0. The summed E-state index contributed by atoms with van der Waals surface area (Å²) in [6.07, 6.45) is -5.53. The molecule has 0 N–H and O–H groups in total. The third kappa shape index (κ3) is 6.99. The van der Waals surface area contributed by atoms with Gasteiger partial charge in [-0.2, -0.15) is 26.3 Å². The molecule has 202 valence electrons. The van der Waals surface area contributed by atoms with E-state index in [-0.39, 0.29) is 18.2 Å². The van der Waals surface area contributed by atoms with E-state index in [1.54, 1.807) is 6.08 Å². The number of aryl methyl sites for hydroxylation is 2. The van der Waals surface area contributed by atoms with Crippen LogP contribution >= 0.6 is 0 Å². The van der Waals surface area contributed by atoms with Gasteiger partial charge in [-0.15, -0.1) is 6.58 Å². The zero-order valence-corrected chi connectivity index (χ0v) is 20.8. The molecule has 37 heavy (non-hydrogen) atoms. The van der Waals surface area contributed by atoms with Crippen molar-refractivity contribution < 1.29 is 35.9 Å². The van der Waals surface area contributed by atoms with Crippen LogP contribution in [0.3, 0.4) is 0 Å². The van der Waals surface area contributed by atoms with E-state index in [9.17, 15) is 31.1 Å². The van der Waals surface area contributed by atoms with Crippen molar-refractivity contribution in [1.29, 1.82) is 0 Å². The Balaban J connectivity index is 2.03. The molecule has 2 aromatic rings. The van der Waals surface area contributed by atoms with Gasteiger partial charge in [0.1, 0.15) is 0 Å². The van der Waals surface area contributed by atoms with E-state index in [0.717, 1.165) is 54.5 Å². The molecule has 2 aromatic carbocycles. The number of ether oxygens (including phenoxy) is 1. The van der Waals surface area contributed by atoms with Crippen molar-refractivity contribution in [3.8, 4) is 0 Å². The van der Waals surface area contributed by atoms with Crippen molar-refractivity contribution in [2.24, 2.45) is 0 Å². The first-order valence-corrected chi connectivity index (χ1v) is 12.0. The molecule has 0 radical (unpaired) electrons. The standard InChI is InChI=1S/C27H30F6N2O2/c1-4-6-10-34(5-2)24-14-20-9-7-8-19(20)13-21(24)17-35(25(36)37-3)16-18-11-22(26(28,29)30)15-23(12-18)27(31,32)33/h4,11-15H,1,5-10,16-17H2,2-3H3. The number of hydrogen-bond donors (Lipinski definition) is 0. The average Bonchev–Trinajstić information content (AvgIpc) is 3.29. The lowest BCUT2D eigenvalue weighted by Gasteiger charge is -2.29. The fourth-order valence-corrected chi connectivity index (χ4v) is 4.63. The minimum absolute atomic E-state index is 0.0442. The molecule has 0 spiro atoms. The highest BCUT2D eigenvalue weighted by molar-refractivity contribution is 5.68. The molecule has 0 saturated carbocycles. The van der Waals surface area contributed by atoms with Gasteiger partial charge in [0.05, 0.1) is 24.8 Å². The molecule has 1 aliphatic rings. The third-order valence-electron chi connectivity index (χ3n) is 6.43. The van der Waals surface area contributed by atoms with Crippen LogP contribution in [0.1, 0.15) is 53.1 Å². The van der Waals surface area contributed by atoms with E-state index in [1.165, 1.54) is 5.56 Å². The second-order valence-electron chi connectivity index (χ2n) is 9.00. The highest BCUT2D eigenvalue weighted by atomic mass is 19.4. The van der Waals surface area contributed by atoms with Crippen molar-refractivity contribution in [1.82, 2.24) is 4.90 Å². The number of hydrogen-bond acceptors (Lipinski definition) is 3. The summed E-state index contributed by atoms with van der Waals surface area (Å²) >= 11 is 0. The quantitative estimate of drug-likeness (QED) is 0.251. The minimum Gasteiger partial charge on any atom is -0.453 e. The molecular weight excluding hydrogens is 498 g/mol. The van der Waals surface area contributed by atoms with E-state index in [1.807, 2.05) is 13.0 Å². The summed E-state index contributed by atoms with van der Waals surface area (Å²) in [5, 5.41) is 0. The van der Waals surface area contributed by atoms with Crippen LogP contribution in [-0.4, -0.2) is 31.2 Å². The zero-order chi connectivity index (χ0) is 27.4. The van der Waals surface area contributed by atoms with Gasteiger partial charge in [-0.1, -0.05) is 12.1 Å². The number of methoxy groups -OCH3 is 1. The first-order valence-electron chi connectivity index (χ1n) is 12.0. The number of rotatable bonds is 9. The SMILES string of the molecule is C=CCCN(CC)c1cc2c(cc1CN(Cc1cc(C(F)(F)F)cc(C(F)(F)F)c1)C(=O)OC)CCC2. The first-order chi connectivity index (χ1) is 17.4. The van der Waals surface area contributed by atoms with Gasteiger partial charge in [-0.25, -0.2) is 4.79 Å². The van der Waals surface area contributed by atoms with Crippen LogP contribution in [0.25, 0.3) is 0 Å². The van der Waals surface area contributed by atoms with Crippen LogP contribution in [0.15, 0.2) is 43.0 Å². The smallest absolute Gasteiger partial charge is 0.416 e. The highest BCUT2D eigenvalue weighted by Gasteiger charge is 2.37. The van der Waals surface area contributed by atoms with Gasteiger partial charge in [-0.05, 0) is 79.1 Å². The lowest BCUT2D eigenvalue weighted by atomic mass is 10.0. The molecule has 1 aliphatic carbocycles. The van der Waals surface area contributed by atoms with E-state index in [2.05, 4.69) is 17.5 Å². The lowest BCUT2D eigenvalue weighted by molar-refractivity contribution is -0.143. The second-order valence-corrected chi connectivity index (χ2v) is 9.00. The predicted octanol–water partition coefficient (Wildman–Crippen LogP) is 7.38. The van der Waals surface area contributed by atoms with E-state index < -0.39 is 36.1 Å². The predicted molar refractivity (Wildman–Crippen MR) is 129 cm³/mol. The van der Waals surface area contributed by atoms with Crippen molar-refractivity contribution >= 4 is 11.8 Å². The number of halogens is 6. The van der Waals surface area contributed by atoms with Crippen molar-refractivity contribution in [3.63, 3.8) is 0 Å². The van der Waals surface area contributed by atoms with E-state index in [0.29, 0.717) is 25.2 Å². The fraction of sp³-hybridized carbons (Fsp3) is 0.444. The molecule has 0 aliphatic heterocycles. The Kier molecular flexibility index (Phi) is 8.81. The van der Waals surface area contributed by atoms with Gasteiger partial charge >= 0.3 is 18.4 Å². The van der Waals surface area contributed by atoms with Crippen molar-refractivity contribution in [2.75, 3.05) is 25.1 Å². The monoisotopic (exact) mass is 528 g/mol. The normalized spacial score (nSPS) is 13.3. The average molecular weight is 529 g/mol. The van der Waals surface area contributed by atoms with Crippen LogP contribution in [0.4, 0.5) is 36.8 Å². The number of alkyl halides is 6. The maximum atomic E-state index is 13.4. The topological polar surface area (TPSA) is 32.8 Å². The highest BCUT2D eigenvalue weighted by Crippen LogP contribution is 2.37. The third-order valence-corrected chi connectivity index (χ3v) is 6.43. The van der Waals surface area contributed by atoms with Crippen LogP contribution < -0.4 is 4.90 Å². The lowest BCUT2D eigenvalue weighted by Crippen LogP contribution is -2.32. The molecule has 0 saturated heterocycles. The molecule has 4 nitrogen and oxygen atoms in total. The molecule has 0 heterocycles. The number of benzene rings is 2. The van der Waals surface area contributed by atoms with Gasteiger partial charge in [0, 0.05) is 25.3 Å². The molecular formula is C27H30F6N2O2. The number of amides is 1. The van der Waals surface area contributed by atoms with Gasteiger partial charge in [0.15, 0.2) is 0 Å². The van der Waals surface area contributed by atoms with Gasteiger partial charge in [-0.3, -0.25) is 4.90 Å². The minimum atomic E-state index is -4.98. The molecule has 0 atom stereocenters. The van der Waals surface area contributed by atoms with Crippen LogP contribution in [0.2, 0.25) is 0 Å². The summed E-state index contributed by atoms with van der Waals surface area (Å²) in [6.45, 7) is 6.55. The van der Waals surface area contributed by atoms with Crippen LogP contribution in [-0.2, 0) is 43.0 Å². The van der Waals surface area contributed by atoms with Crippen LogP contribution in [0.5, 0.6) is 0 Å². The molecule has 1 amide bonds. The molecule has 0 unspecified atom stereocenters. The number of carbonyl (C=O) groups excluding carboxylic acids is 1. The van der Waals surface area contributed by atoms with Crippen molar-refractivity contribution in [2.45, 2.75) is 58.0 Å². The number of carbonyl (C=O) groups is 1. The Hall–Kier alpha value is -3.17. The molecule has 3 rings (SSSR count). The molecule has 0 bridgehead atoms. The molecule has 10 heteroatoms. The maximum absolute atomic E-state index is 13.4. The van der Waals surface area contributed by atoms with E-state index in [4.69, 9.17) is 4.74 Å². The Bertz CT molecular complexity index is 1090. The van der Waals surface area contributed by atoms with E-state index >= 15 is 0 Å². The summed E-state index contributed by atoms with van der Waals surface area (Å²) in [7, 11) is 1.12. The second kappa shape index (κ2) is 11.5. The Morgan fingerprint density at radius 1 is 0.973 bits per heavy atom. The number of anilines is 1. The van der Waals surface area contributed by atoms with Gasteiger partial charge < -0.3 is 9.64 Å². The summed E-state index contributed by atoms with van der Waals surface area (Å²) in [6, 6.07) is 5.40.